The highest BCUT2D eigenvalue weighted by Crippen LogP contribution is 2.16. The van der Waals surface area contributed by atoms with Gasteiger partial charge in [-0.25, -0.2) is 9.18 Å². The van der Waals surface area contributed by atoms with Crippen molar-refractivity contribution in [3.8, 4) is 0 Å². The van der Waals surface area contributed by atoms with E-state index in [1.54, 1.807) is 4.90 Å². The Morgan fingerprint density at radius 3 is 2.05 bits per heavy atom. The smallest absolute Gasteiger partial charge is 0.410 e. The number of nitrogens with zero attached hydrogens (tertiary/aromatic N) is 2. The molecule has 1 aliphatic heterocycles. The Balaban J connectivity index is 2.56. The van der Waals surface area contributed by atoms with Crippen molar-refractivity contribution < 1.29 is 13.9 Å². The Kier molecular flexibility index (Phi) is 5.60. The van der Waals surface area contributed by atoms with Gasteiger partial charge in [0.15, 0.2) is 0 Å². The zero-order valence-electron chi connectivity index (χ0n) is 13.1. The summed E-state index contributed by atoms with van der Waals surface area (Å²) in [7, 11) is 0. The number of amides is 1. The molecule has 1 saturated heterocycles. The fourth-order valence-corrected chi connectivity index (χ4v) is 2.03. The molecule has 20 heavy (non-hydrogen) atoms. The summed E-state index contributed by atoms with van der Waals surface area (Å²) in [6, 6.07) is 0. The Morgan fingerprint density at radius 2 is 1.65 bits per heavy atom. The highest BCUT2D eigenvalue weighted by Gasteiger charge is 2.26. The van der Waals surface area contributed by atoms with Crippen molar-refractivity contribution in [3.05, 3.63) is 23.7 Å². The molecule has 1 heterocycles. The molecule has 4 nitrogen and oxygen atoms in total. The van der Waals surface area contributed by atoms with Gasteiger partial charge < -0.3 is 14.5 Å². The van der Waals surface area contributed by atoms with Gasteiger partial charge in [-0.2, -0.15) is 0 Å². The highest BCUT2D eigenvalue weighted by atomic mass is 19.1. The summed E-state index contributed by atoms with van der Waals surface area (Å²) in [5.41, 5.74) is 0.380. The Morgan fingerprint density at radius 1 is 1.15 bits per heavy atom. The summed E-state index contributed by atoms with van der Waals surface area (Å²) in [6.45, 7) is 11.4. The van der Waals surface area contributed by atoms with E-state index in [0.717, 1.165) is 5.70 Å². The van der Waals surface area contributed by atoms with E-state index in [2.05, 4.69) is 4.90 Å². The van der Waals surface area contributed by atoms with Crippen LogP contribution in [0.1, 0.15) is 34.6 Å². The molecule has 0 aromatic heterocycles. The minimum atomic E-state index is -0.475. The summed E-state index contributed by atoms with van der Waals surface area (Å²) < 4.78 is 18.3. The summed E-state index contributed by atoms with van der Waals surface area (Å²) >= 11 is 0. The molecule has 1 aliphatic rings. The van der Waals surface area contributed by atoms with Gasteiger partial charge in [-0.1, -0.05) is 6.08 Å². The third kappa shape index (κ3) is 5.23. The molecular weight excluding hydrogens is 259 g/mol. The van der Waals surface area contributed by atoms with E-state index in [0.29, 0.717) is 26.2 Å². The maximum Gasteiger partial charge on any atom is 0.410 e. The second-order valence-corrected chi connectivity index (χ2v) is 5.90. The van der Waals surface area contributed by atoms with Crippen LogP contribution >= 0.6 is 0 Å². The number of carbonyl (C=O) groups excluding carboxylic acids is 1. The minimum Gasteiger partial charge on any atom is -0.444 e. The van der Waals surface area contributed by atoms with Crippen LogP contribution in [0.15, 0.2) is 23.7 Å². The first kappa shape index (κ1) is 16.5. The lowest BCUT2D eigenvalue weighted by Crippen LogP contribution is -2.49. The van der Waals surface area contributed by atoms with Gasteiger partial charge >= 0.3 is 6.09 Å². The molecule has 1 rings (SSSR count). The van der Waals surface area contributed by atoms with Crippen molar-refractivity contribution in [1.82, 2.24) is 9.80 Å². The molecule has 5 heteroatoms. The van der Waals surface area contributed by atoms with Crippen molar-refractivity contribution in [1.29, 1.82) is 0 Å². The van der Waals surface area contributed by atoms with Crippen molar-refractivity contribution in [2.24, 2.45) is 0 Å². The van der Waals surface area contributed by atoms with Crippen molar-refractivity contribution in [2.75, 3.05) is 26.2 Å². The maximum atomic E-state index is 13.0. The van der Waals surface area contributed by atoms with E-state index < -0.39 is 5.60 Å². The largest absolute Gasteiger partial charge is 0.444 e. The number of rotatable bonds is 2. The van der Waals surface area contributed by atoms with Gasteiger partial charge in [-0.05, 0) is 40.7 Å². The molecule has 114 valence electrons. The molecule has 0 unspecified atom stereocenters. The Labute approximate surface area is 120 Å². The number of halogens is 1. The van der Waals surface area contributed by atoms with E-state index in [1.807, 2.05) is 33.8 Å². The maximum absolute atomic E-state index is 13.0. The molecule has 0 atom stereocenters. The first-order valence-electron chi connectivity index (χ1n) is 6.96. The van der Waals surface area contributed by atoms with Crippen molar-refractivity contribution >= 4 is 6.09 Å². The molecule has 0 spiro atoms. The molecule has 1 amide bonds. The monoisotopic (exact) mass is 284 g/mol. The molecule has 0 radical (unpaired) electrons. The van der Waals surface area contributed by atoms with Crippen LogP contribution in [0.5, 0.6) is 0 Å². The highest BCUT2D eigenvalue weighted by molar-refractivity contribution is 5.68. The molecule has 0 saturated carbocycles. The van der Waals surface area contributed by atoms with Gasteiger partial charge in [0.05, 0.1) is 5.83 Å². The van der Waals surface area contributed by atoms with Gasteiger partial charge in [-0.3, -0.25) is 0 Å². The number of carbonyl (C=O) groups is 1. The van der Waals surface area contributed by atoms with E-state index >= 15 is 0 Å². The molecule has 1 fully saturated rings. The van der Waals surface area contributed by atoms with Crippen molar-refractivity contribution in [3.63, 3.8) is 0 Å². The van der Waals surface area contributed by atoms with Crippen LogP contribution in [0.4, 0.5) is 9.18 Å². The zero-order chi connectivity index (χ0) is 15.3. The molecule has 0 aliphatic carbocycles. The predicted octanol–water partition coefficient (Wildman–Crippen LogP) is 3.32. The predicted molar refractivity (Wildman–Crippen MR) is 78.0 cm³/mol. The van der Waals surface area contributed by atoms with E-state index in [4.69, 9.17) is 4.74 Å². The second kappa shape index (κ2) is 6.77. The summed E-state index contributed by atoms with van der Waals surface area (Å²) in [5.74, 6) is -0.215. The number of allylic oxidation sites excluding steroid dienone is 3. The standard InChI is InChI=1S/C15H25FN2O2/c1-6-13(11-12(2)16)17-7-9-18(10-8-17)14(19)20-15(3,4)5/h6,11H,7-10H2,1-5H3/b12-11+,13-6+. The lowest BCUT2D eigenvalue weighted by atomic mass is 10.2. The number of piperazine rings is 1. The average molecular weight is 284 g/mol. The van der Waals surface area contributed by atoms with E-state index in [-0.39, 0.29) is 11.9 Å². The zero-order valence-corrected chi connectivity index (χ0v) is 13.1. The Hall–Kier alpha value is -1.52. The lowest BCUT2D eigenvalue weighted by Gasteiger charge is -2.37. The summed E-state index contributed by atoms with van der Waals surface area (Å²) in [6.07, 6.45) is 3.12. The molecule has 0 N–H and O–H groups in total. The quantitative estimate of drug-likeness (QED) is 0.729. The SMILES string of the molecule is C/C=C(\C=C(/C)F)N1CCN(C(=O)OC(C)(C)C)CC1. The van der Waals surface area contributed by atoms with E-state index in [9.17, 15) is 9.18 Å². The molecule has 0 aromatic carbocycles. The van der Waals surface area contributed by atoms with E-state index in [1.165, 1.54) is 13.0 Å². The van der Waals surface area contributed by atoms with Gasteiger partial charge in [0.25, 0.3) is 0 Å². The first-order valence-corrected chi connectivity index (χ1v) is 6.96. The van der Waals surface area contributed by atoms with Crippen LogP contribution in [-0.4, -0.2) is 47.7 Å². The summed E-state index contributed by atoms with van der Waals surface area (Å²) in [4.78, 5) is 15.7. The van der Waals surface area contributed by atoms with Crippen molar-refractivity contribution in [2.45, 2.75) is 40.2 Å². The number of hydrogen-bond donors (Lipinski definition) is 0. The van der Waals surface area contributed by atoms with Crippen LogP contribution in [0.25, 0.3) is 0 Å². The van der Waals surface area contributed by atoms with Crippen LogP contribution in [0.2, 0.25) is 0 Å². The van der Waals surface area contributed by atoms with Gasteiger partial charge in [0.1, 0.15) is 5.60 Å². The number of hydrogen-bond acceptors (Lipinski definition) is 3. The topological polar surface area (TPSA) is 32.8 Å². The molecule has 0 aromatic rings. The third-order valence-corrected chi connectivity index (χ3v) is 2.94. The van der Waals surface area contributed by atoms with Gasteiger partial charge in [-0.15, -0.1) is 0 Å². The van der Waals surface area contributed by atoms with Gasteiger partial charge in [0, 0.05) is 31.9 Å². The van der Waals surface area contributed by atoms with Crippen LogP contribution in [-0.2, 0) is 4.74 Å². The van der Waals surface area contributed by atoms with Crippen LogP contribution in [0.3, 0.4) is 0 Å². The lowest BCUT2D eigenvalue weighted by molar-refractivity contribution is 0.0171. The molecular formula is C15H25FN2O2. The molecule has 0 bridgehead atoms. The Bertz CT molecular complexity index is 399. The number of ether oxygens (including phenoxy) is 1. The normalized spacial score (nSPS) is 18.3. The van der Waals surface area contributed by atoms with Crippen LogP contribution < -0.4 is 0 Å². The fourth-order valence-electron chi connectivity index (χ4n) is 2.03. The second-order valence-electron chi connectivity index (χ2n) is 5.90. The fraction of sp³-hybridized carbons (Fsp3) is 0.667. The first-order chi connectivity index (χ1) is 9.23. The minimum absolute atomic E-state index is 0.215. The van der Waals surface area contributed by atoms with Gasteiger partial charge in [0.2, 0.25) is 0 Å². The average Bonchev–Trinajstić information content (AvgIpc) is 2.34. The summed E-state index contributed by atoms with van der Waals surface area (Å²) in [5, 5.41) is 0. The third-order valence-electron chi connectivity index (χ3n) is 2.94. The van der Waals surface area contributed by atoms with Crippen LogP contribution in [0, 0.1) is 0 Å².